The van der Waals surface area contributed by atoms with E-state index >= 15 is 0 Å². The molecule has 0 fully saturated rings. The van der Waals surface area contributed by atoms with E-state index in [1.54, 1.807) is 0 Å². The number of hydrogen-bond donors (Lipinski definition) is 1. The molecule has 3 nitrogen and oxygen atoms in total. The highest BCUT2D eigenvalue weighted by atomic mass is 15.1. The van der Waals surface area contributed by atoms with Crippen LogP contribution in [-0.4, -0.2) is 16.0 Å². The van der Waals surface area contributed by atoms with Crippen LogP contribution in [0.25, 0.3) is 0 Å². The minimum atomic E-state index is 0.419. The second-order valence-corrected chi connectivity index (χ2v) is 3.90. The molecule has 0 aliphatic heterocycles. The summed E-state index contributed by atoms with van der Waals surface area (Å²) in [6, 6.07) is 0.419. The SMILES string of the molecule is CCC(C)C(C)Nc1ncc(C)cn1. The number of nitrogens with one attached hydrogen (secondary N) is 1. The van der Waals surface area contributed by atoms with Crippen LogP contribution >= 0.6 is 0 Å². The number of aryl methyl sites for hydroxylation is 1. The molecule has 1 heterocycles. The summed E-state index contributed by atoms with van der Waals surface area (Å²) < 4.78 is 0. The van der Waals surface area contributed by atoms with Gasteiger partial charge in [0, 0.05) is 18.4 Å². The number of hydrogen-bond acceptors (Lipinski definition) is 3. The van der Waals surface area contributed by atoms with Crippen molar-refractivity contribution in [1.29, 1.82) is 0 Å². The van der Waals surface area contributed by atoms with E-state index in [2.05, 4.69) is 36.1 Å². The second kappa shape index (κ2) is 4.94. The maximum atomic E-state index is 4.21. The lowest BCUT2D eigenvalue weighted by Gasteiger charge is -2.19. The first-order valence-corrected chi connectivity index (χ1v) is 5.18. The van der Waals surface area contributed by atoms with Gasteiger partial charge < -0.3 is 5.32 Å². The Morgan fingerprint density at radius 3 is 2.36 bits per heavy atom. The molecule has 0 saturated carbocycles. The molecule has 0 spiro atoms. The fraction of sp³-hybridized carbons (Fsp3) is 0.636. The first-order chi connectivity index (χ1) is 6.63. The topological polar surface area (TPSA) is 37.8 Å². The summed E-state index contributed by atoms with van der Waals surface area (Å²) in [4.78, 5) is 8.43. The molecule has 1 rings (SSSR count). The zero-order valence-electron chi connectivity index (χ0n) is 9.41. The summed E-state index contributed by atoms with van der Waals surface area (Å²) in [5, 5.41) is 3.30. The van der Waals surface area contributed by atoms with Gasteiger partial charge in [0.1, 0.15) is 0 Å². The number of aromatic nitrogens is 2. The Labute approximate surface area is 86.0 Å². The van der Waals surface area contributed by atoms with Crippen molar-refractivity contribution in [2.24, 2.45) is 5.92 Å². The first kappa shape index (κ1) is 11.0. The van der Waals surface area contributed by atoms with E-state index in [0.717, 1.165) is 11.5 Å². The lowest BCUT2D eigenvalue weighted by Crippen LogP contribution is -2.24. The van der Waals surface area contributed by atoms with Gasteiger partial charge >= 0.3 is 0 Å². The van der Waals surface area contributed by atoms with Gasteiger partial charge in [-0.2, -0.15) is 0 Å². The largest absolute Gasteiger partial charge is 0.352 e. The smallest absolute Gasteiger partial charge is 0.222 e. The molecule has 0 radical (unpaired) electrons. The van der Waals surface area contributed by atoms with Gasteiger partial charge in [-0.05, 0) is 25.3 Å². The Kier molecular flexibility index (Phi) is 3.86. The van der Waals surface area contributed by atoms with E-state index < -0.39 is 0 Å². The Hall–Kier alpha value is -1.12. The average molecular weight is 193 g/mol. The van der Waals surface area contributed by atoms with Gasteiger partial charge in [-0.25, -0.2) is 9.97 Å². The fourth-order valence-corrected chi connectivity index (χ4v) is 1.17. The summed E-state index contributed by atoms with van der Waals surface area (Å²) in [7, 11) is 0. The van der Waals surface area contributed by atoms with Crippen LogP contribution in [0, 0.1) is 12.8 Å². The highest BCUT2D eigenvalue weighted by molar-refractivity contribution is 5.25. The number of nitrogens with zero attached hydrogens (tertiary/aromatic N) is 2. The lowest BCUT2D eigenvalue weighted by molar-refractivity contribution is 0.492. The first-order valence-electron chi connectivity index (χ1n) is 5.18. The van der Waals surface area contributed by atoms with Crippen molar-refractivity contribution in [2.75, 3.05) is 5.32 Å². The third-order valence-electron chi connectivity index (χ3n) is 2.64. The van der Waals surface area contributed by atoms with E-state index in [1.165, 1.54) is 6.42 Å². The van der Waals surface area contributed by atoms with Gasteiger partial charge in [-0.3, -0.25) is 0 Å². The molecule has 1 aromatic heterocycles. The van der Waals surface area contributed by atoms with Crippen molar-refractivity contribution < 1.29 is 0 Å². The van der Waals surface area contributed by atoms with Gasteiger partial charge in [0.15, 0.2) is 0 Å². The molecule has 14 heavy (non-hydrogen) atoms. The van der Waals surface area contributed by atoms with Gasteiger partial charge in [-0.1, -0.05) is 20.3 Å². The molecule has 1 aromatic rings. The van der Waals surface area contributed by atoms with Crippen molar-refractivity contribution in [3.05, 3.63) is 18.0 Å². The molecule has 1 N–H and O–H groups in total. The van der Waals surface area contributed by atoms with Gasteiger partial charge in [0.25, 0.3) is 0 Å². The Bertz CT molecular complexity index is 268. The predicted octanol–water partition coefficient (Wildman–Crippen LogP) is 2.63. The standard InChI is InChI=1S/C11H19N3/c1-5-9(3)10(4)14-11-12-6-8(2)7-13-11/h6-7,9-10H,5H2,1-4H3,(H,12,13,14). The van der Waals surface area contributed by atoms with Gasteiger partial charge in [0.05, 0.1) is 0 Å². The third-order valence-corrected chi connectivity index (χ3v) is 2.64. The Balaban J connectivity index is 2.56. The molecular formula is C11H19N3. The molecule has 0 aromatic carbocycles. The quantitative estimate of drug-likeness (QED) is 0.798. The summed E-state index contributed by atoms with van der Waals surface area (Å²) in [5.41, 5.74) is 1.09. The normalized spacial score (nSPS) is 14.9. The van der Waals surface area contributed by atoms with Crippen LogP contribution in [0.2, 0.25) is 0 Å². The Morgan fingerprint density at radius 2 is 1.86 bits per heavy atom. The minimum absolute atomic E-state index is 0.419. The minimum Gasteiger partial charge on any atom is -0.352 e. The predicted molar refractivity (Wildman–Crippen MR) is 59.3 cm³/mol. The van der Waals surface area contributed by atoms with Crippen LogP contribution < -0.4 is 5.32 Å². The zero-order chi connectivity index (χ0) is 10.6. The van der Waals surface area contributed by atoms with Crippen molar-refractivity contribution in [2.45, 2.75) is 40.2 Å². The highest BCUT2D eigenvalue weighted by Gasteiger charge is 2.10. The molecule has 0 amide bonds. The van der Waals surface area contributed by atoms with Crippen LogP contribution in [0.1, 0.15) is 32.8 Å². The molecule has 0 aliphatic rings. The summed E-state index contributed by atoms with van der Waals surface area (Å²) >= 11 is 0. The van der Waals surface area contributed by atoms with Crippen molar-refractivity contribution >= 4 is 5.95 Å². The maximum absolute atomic E-state index is 4.21. The van der Waals surface area contributed by atoms with E-state index in [-0.39, 0.29) is 0 Å². The van der Waals surface area contributed by atoms with E-state index in [1.807, 2.05) is 19.3 Å². The monoisotopic (exact) mass is 193 g/mol. The zero-order valence-corrected chi connectivity index (χ0v) is 9.41. The summed E-state index contributed by atoms with van der Waals surface area (Å²) in [5.74, 6) is 1.36. The molecule has 0 saturated heterocycles. The van der Waals surface area contributed by atoms with E-state index in [9.17, 15) is 0 Å². The van der Waals surface area contributed by atoms with Gasteiger partial charge in [-0.15, -0.1) is 0 Å². The Morgan fingerprint density at radius 1 is 1.29 bits per heavy atom. The van der Waals surface area contributed by atoms with Crippen molar-refractivity contribution in [3.63, 3.8) is 0 Å². The lowest BCUT2D eigenvalue weighted by atomic mass is 10.0. The summed E-state index contributed by atoms with van der Waals surface area (Å²) in [6.07, 6.45) is 4.83. The second-order valence-electron chi connectivity index (χ2n) is 3.90. The van der Waals surface area contributed by atoms with Crippen molar-refractivity contribution in [3.8, 4) is 0 Å². The molecule has 78 valence electrons. The molecule has 0 bridgehead atoms. The van der Waals surface area contributed by atoms with Crippen LogP contribution in [0.3, 0.4) is 0 Å². The molecule has 3 heteroatoms. The van der Waals surface area contributed by atoms with Crippen LogP contribution in [-0.2, 0) is 0 Å². The molecular weight excluding hydrogens is 174 g/mol. The third kappa shape index (κ3) is 2.98. The van der Waals surface area contributed by atoms with E-state index in [0.29, 0.717) is 12.0 Å². The highest BCUT2D eigenvalue weighted by Crippen LogP contribution is 2.11. The molecule has 0 aliphatic carbocycles. The van der Waals surface area contributed by atoms with E-state index in [4.69, 9.17) is 0 Å². The van der Waals surface area contributed by atoms with Gasteiger partial charge in [0.2, 0.25) is 5.95 Å². The van der Waals surface area contributed by atoms with Crippen LogP contribution in [0.4, 0.5) is 5.95 Å². The van der Waals surface area contributed by atoms with Crippen LogP contribution in [0.5, 0.6) is 0 Å². The average Bonchev–Trinajstić information content (AvgIpc) is 2.20. The number of anilines is 1. The molecule has 2 unspecified atom stereocenters. The van der Waals surface area contributed by atoms with Crippen LogP contribution in [0.15, 0.2) is 12.4 Å². The fourth-order valence-electron chi connectivity index (χ4n) is 1.17. The molecule has 2 atom stereocenters. The maximum Gasteiger partial charge on any atom is 0.222 e. The summed E-state index contributed by atoms with van der Waals surface area (Å²) in [6.45, 7) is 8.57. The number of rotatable bonds is 4. The van der Waals surface area contributed by atoms with Crippen molar-refractivity contribution in [1.82, 2.24) is 9.97 Å².